The van der Waals surface area contributed by atoms with Crippen LogP contribution in [-0.4, -0.2) is 30.9 Å². The molecule has 19 heavy (non-hydrogen) atoms. The number of nitrogens with one attached hydrogen (secondary N) is 1. The van der Waals surface area contributed by atoms with Crippen LogP contribution in [-0.2, 0) is 4.79 Å². The molecule has 0 saturated carbocycles. The van der Waals surface area contributed by atoms with Crippen molar-refractivity contribution in [3.63, 3.8) is 0 Å². The van der Waals surface area contributed by atoms with Crippen molar-refractivity contribution in [2.24, 2.45) is 5.92 Å². The Morgan fingerprint density at radius 1 is 1.47 bits per heavy atom. The number of rotatable bonds is 3. The number of anilines is 1. The first kappa shape index (κ1) is 14.5. The first-order valence-electron chi connectivity index (χ1n) is 6.48. The lowest BCUT2D eigenvalue weighted by Crippen LogP contribution is -2.32. The minimum absolute atomic E-state index is 0.101. The number of benzene rings is 1. The molecule has 1 N–H and O–H groups in total. The minimum atomic E-state index is -0.411. The standard InChI is InChI=1S/C14H18BrFN2O/c1-18-6-4-10(5-7-18)8-14(19)17-13-3-2-11(15)9-12(13)16/h2-3,9-10H,4-8H2,1H3,(H,17,19). The van der Waals surface area contributed by atoms with Crippen LogP contribution in [0.15, 0.2) is 22.7 Å². The van der Waals surface area contributed by atoms with E-state index < -0.39 is 5.82 Å². The molecule has 2 rings (SSSR count). The number of carbonyl (C=O) groups is 1. The second kappa shape index (κ2) is 6.48. The van der Waals surface area contributed by atoms with Crippen molar-refractivity contribution in [1.29, 1.82) is 0 Å². The summed E-state index contributed by atoms with van der Waals surface area (Å²) >= 11 is 3.19. The lowest BCUT2D eigenvalue weighted by molar-refractivity contribution is -0.117. The van der Waals surface area contributed by atoms with Gasteiger partial charge in [-0.3, -0.25) is 4.79 Å². The van der Waals surface area contributed by atoms with Crippen molar-refractivity contribution in [3.8, 4) is 0 Å². The van der Waals surface area contributed by atoms with Gasteiger partial charge in [-0.1, -0.05) is 15.9 Å². The highest BCUT2D eigenvalue weighted by molar-refractivity contribution is 9.10. The molecule has 1 aromatic carbocycles. The number of halogens is 2. The van der Waals surface area contributed by atoms with Crippen molar-refractivity contribution in [2.75, 3.05) is 25.5 Å². The molecular weight excluding hydrogens is 311 g/mol. The van der Waals surface area contributed by atoms with Crippen LogP contribution in [0.25, 0.3) is 0 Å². The molecule has 5 heteroatoms. The van der Waals surface area contributed by atoms with E-state index in [4.69, 9.17) is 0 Å². The number of hydrogen-bond donors (Lipinski definition) is 1. The molecule has 3 nitrogen and oxygen atoms in total. The Hall–Kier alpha value is -0.940. The number of hydrogen-bond acceptors (Lipinski definition) is 2. The molecule has 1 aliphatic heterocycles. The van der Waals surface area contributed by atoms with Crippen molar-refractivity contribution >= 4 is 27.5 Å². The maximum atomic E-state index is 13.6. The Kier molecular flexibility index (Phi) is 4.93. The summed E-state index contributed by atoms with van der Waals surface area (Å²) in [4.78, 5) is 14.2. The van der Waals surface area contributed by atoms with Crippen molar-refractivity contribution in [3.05, 3.63) is 28.5 Å². The number of piperidine rings is 1. The molecule has 104 valence electrons. The van der Waals surface area contributed by atoms with E-state index in [1.54, 1.807) is 12.1 Å². The fourth-order valence-corrected chi connectivity index (χ4v) is 2.65. The third-order valence-electron chi connectivity index (χ3n) is 3.52. The summed E-state index contributed by atoms with van der Waals surface area (Å²) < 4.78 is 14.3. The molecule has 1 aromatic rings. The molecule has 0 bridgehead atoms. The van der Waals surface area contributed by atoms with Crippen LogP contribution in [0.1, 0.15) is 19.3 Å². The summed E-state index contributed by atoms with van der Waals surface area (Å²) in [6.07, 6.45) is 2.54. The number of nitrogens with zero attached hydrogens (tertiary/aromatic N) is 1. The smallest absolute Gasteiger partial charge is 0.224 e. The molecule has 0 spiro atoms. The topological polar surface area (TPSA) is 32.3 Å². The van der Waals surface area contributed by atoms with Crippen LogP contribution < -0.4 is 5.32 Å². The normalized spacial score (nSPS) is 17.4. The highest BCUT2D eigenvalue weighted by atomic mass is 79.9. The van der Waals surface area contributed by atoms with E-state index in [1.165, 1.54) is 6.07 Å². The number of amides is 1. The molecule has 0 radical (unpaired) electrons. The lowest BCUT2D eigenvalue weighted by Gasteiger charge is -2.28. The van der Waals surface area contributed by atoms with Gasteiger partial charge in [0, 0.05) is 10.9 Å². The van der Waals surface area contributed by atoms with E-state index in [1.807, 2.05) is 0 Å². The second-order valence-corrected chi connectivity index (χ2v) is 6.04. The summed E-state index contributed by atoms with van der Waals surface area (Å²) in [6, 6.07) is 4.64. The molecule has 1 saturated heterocycles. The van der Waals surface area contributed by atoms with Gasteiger partial charge in [0.15, 0.2) is 0 Å². The minimum Gasteiger partial charge on any atom is -0.324 e. The average Bonchev–Trinajstić information content (AvgIpc) is 2.36. The Balaban J connectivity index is 1.87. The maximum absolute atomic E-state index is 13.6. The highest BCUT2D eigenvalue weighted by Crippen LogP contribution is 2.22. The van der Waals surface area contributed by atoms with Crippen LogP contribution >= 0.6 is 15.9 Å². The van der Waals surface area contributed by atoms with Gasteiger partial charge in [-0.25, -0.2) is 4.39 Å². The third kappa shape index (κ3) is 4.28. The Morgan fingerprint density at radius 2 is 2.16 bits per heavy atom. The SMILES string of the molecule is CN1CCC(CC(=O)Nc2ccc(Br)cc2F)CC1. The van der Waals surface area contributed by atoms with Gasteiger partial charge < -0.3 is 10.2 Å². The van der Waals surface area contributed by atoms with Crippen molar-refractivity contribution in [2.45, 2.75) is 19.3 Å². The summed E-state index contributed by atoms with van der Waals surface area (Å²) in [5, 5.41) is 2.65. The highest BCUT2D eigenvalue weighted by Gasteiger charge is 2.20. The fourth-order valence-electron chi connectivity index (χ4n) is 2.32. The van der Waals surface area contributed by atoms with Gasteiger partial charge in [0.05, 0.1) is 5.69 Å². The first-order chi connectivity index (χ1) is 9.04. The zero-order valence-corrected chi connectivity index (χ0v) is 12.5. The molecule has 0 atom stereocenters. The average molecular weight is 329 g/mol. The number of carbonyl (C=O) groups excluding carboxylic acids is 1. The zero-order chi connectivity index (χ0) is 13.8. The van der Waals surface area contributed by atoms with Gasteiger partial charge in [0.2, 0.25) is 5.91 Å². The fraction of sp³-hybridized carbons (Fsp3) is 0.500. The van der Waals surface area contributed by atoms with Crippen LogP contribution in [0.5, 0.6) is 0 Å². The summed E-state index contributed by atoms with van der Waals surface area (Å²) in [5.41, 5.74) is 0.251. The lowest BCUT2D eigenvalue weighted by atomic mass is 9.93. The Morgan fingerprint density at radius 3 is 2.79 bits per heavy atom. The van der Waals surface area contributed by atoms with Gasteiger partial charge in [0.1, 0.15) is 5.82 Å². The molecule has 1 heterocycles. The molecule has 1 fully saturated rings. The summed E-state index contributed by atoms with van der Waals surface area (Å²) in [5.74, 6) is -0.100. The van der Waals surface area contributed by atoms with Crippen LogP contribution in [0, 0.1) is 11.7 Å². The maximum Gasteiger partial charge on any atom is 0.224 e. The summed E-state index contributed by atoms with van der Waals surface area (Å²) in [7, 11) is 2.09. The largest absolute Gasteiger partial charge is 0.324 e. The van der Waals surface area contributed by atoms with Crippen molar-refractivity contribution in [1.82, 2.24) is 4.90 Å². The Bertz CT molecular complexity index is 459. The monoisotopic (exact) mass is 328 g/mol. The molecule has 1 amide bonds. The molecule has 0 aliphatic carbocycles. The van der Waals surface area contributed by atoms with E-state index in [0.717, 1.165) is 25.9 Å². The molecular formula is C14H18BrFN2O. The van der Waals surface area contributed by atoms with E-state index in [-0.39, 0.29) is 11.6 Å². The zero-order valence-electron chi connectivity index (χ0n) is 11.0. The van der Waals surface area contributed by atoms with Gasteiger partial charge in [0.25, 0.3) is 0 Å². The van der Waals surface area contributed by atoms with Crippen LogP contribution in [0.4, 0.5) is 10.1 Å². The van der Waals surface area contributed by atoms with Gasteiger partial charge in [-0.05, 0) is 57.1 Å². The van der Waals surface area contributed by atoms with Gasteiger partial charge in [-0.15, -0.1) is 0 Å². The van der Waals surface area contributed by atoms with E-state index in [2.05, 4.69) is 33.2 Å². The number of likely N-dealkylation sites (tertiary alicyclic amines) is 1. The molecule has 1 aliphatic rings. The van der Waals surface area contributed by atoms with E-state index in [9.17, 15) is 9.18 Å². The molecule has 0 unspecified atom stereocenters. The first-order valence-corrected chi connectivity index (χ1v) is 7.27. The molecule has 0 aromatic heterocycles. The van der Waals surface area contributed by atoms with Crippen molar-refractivity contribution < 1.29 is 9.18 Å². The predicted molar refractivity (Wildman–Crippen MR) is 77.6 cm³/mol. The summed E-state index contributed by atoms with van der Waals surface area (Å²) in [6.45, 7) is 2.06. The Labute approximate surface area is 121 Å². The quantitative estimate of drug-likeness (QED) is 0.923. The van der Waals surface area contributed by atoms with E-state index in [0.29, 0.717) is 16.8 Å². The van der Waals surface area contributed by atoms with Crippen LogP contribution in [0.2, 0.25) is 0 Å². The predicted octanol–water partition coefficient (Wildman–Crippen LogP) is 3.26. The third-order valence-corrected chi connectivity index (χ3v) is 4.01. The van der Waals surface area contributed by atoms with Gasteiger partial charge >= 0.3 is 0 Å². The van der Waals surface area contributed by atoms with Crippen LogP contribution in [0.3, 0.4) is 0 Å². The second-order valence-electron chi connectivity index (χ2n) is 5.12. The van der Waals surface area contributed by atoms with E-state index >= 15 is 0 Å². The van der Waals surface area contributed by atoms with Gasteiger partial charge in [-0.2, -0.15) is 0 Å².